The van der Waals surface area contributed by atoms with Crippen LogP contribution in [0.3, 0.4) is 0 Å². The molecule has 0 aromatic heterocycles. The molecule has 29 heavy (non-hydrogen) atoms. The summed E-state index contributed by atoms with van der Waals surface area (Å²) in [4.78, 5) is 25.8. The van der Waals surface area contributed by atoms with Crippen molar-refractivity contribution < 1.29 is 9.59 Å². The Bertz CT molecular complexity index is 1020. The van der Waals surface area contributed by atoms with Crippen molar-refractivity contribution in [2.75, 3.05) is 5.32 Å². The predicted molar refractivity (Wildman–Crippen MR) is 118 cm³/mol. The molecule has 0 radical (unpaired) electrons. The van der Waals surface area contributed by atoms with E-state index in [1.165, 1.54) is 11.8 Å². The van der Waals surface area contributed by atoms with Gasteiger partial charge in [0.1, 0.15) is 0 Å². The van der Waals surface area contributed by atoms with Crippen molar-refractivity contribution in [1.82, 2.24) is 5.32 Å². The van der Waals surface area contributed by atoms with Gasteiger partial charge >= 0.3 is 0 Å². The van der Waals surface area contributed by atoms with E-state index in [1.807, 2.05) is 61.5 Å². The van der Waals surface area contributed by atoms with Crippen molar-refractivity contribution in [3.05, 3.63) is 84.4 Å². The molecule has 0 unspecified atom stereocenters. The van der Waals surface area contributed by atoms with Gasteiger partial charge in [-0.05, 0) is 35.7 Å². The number of hydrogen-bond acceptors (Lipinski definition) is 3. The Hall–Kier alpha value is -3.05. The van der Waals surface area contributed by atoms with Crippen molar-refractivity contribution in [2.24, 2.45) is 0 Å². The molecule has 0 aliphatic carbocycles. The number of para-hydroxylation sites is 1. The number of rotatable bonds is 5. The molecule has 0 spiro atoms. The third-order valence-corrected chi connectivity index (χ3v) is 6.25. The number of fused-ring (bicyclic) bond motifs is 1. The van der Waals surface area contributed by atoms with Crippen LogP contribution in [0, 0.1) is 0 Å². The maximum Gasteiger partial charge on any atom is 0.238 e. The molecule has 0 fully saturated rings. The zero-order valence-electron chi connectivity index (χ0n) is 16.1. The van der Waals surface area contributed by atoms with Gasteiger partial charge in [0.2, 0.25) is 11.8 Å². The smallest absolute Gasteiger partial charge is 0.238 e. The molecular formula is C24H22N2O2S. The fraction of sp³-hybridized carbons (Fsp3) is 0.167. The molecule has 0 saturated carbocycles. The molecule has 2 amide bonds. The average molecular weight is 403 g/mol. The summed E-state index contributed by atoms with van der Waals surface area (Å²) in [5.41, 5.74) is 4.15. The Kier molecular flexibility index (Phi) is 5.67. The Morgan fingerprint density at radius 3 is 2.38 bits per heavy atom. The van der Waals surface area contributed by atoms with Crippen LogP contribution >= 0.6 is 11.8 Å². The van der Waals surface area contributed by atoms with Gasteiger partial charge < -0.3 is 10.6 Å². The highest BCUT2D eigenvalue weighted by Crippen LogP contribution is 2.36. The summed E-state index contributed by atoms with van der Waals surface area (Å²) in [6.07, 6.45) is 0.150. The third kappa shape index (κ3) is 4.51. The number of nitrogens with one attached hydrogen (secondary N) is 2. The van der Waals surface area contributed by atoms with Crippen LogP contribution in [0.15, 0.2) is 83.8 Å². The number of anilines is 1. The minimum Gasteiger partial charge on any atom is -0.350 e. The second-order valence-corrected chi connectivity index (χ2v) is 8.32. The van der Waals surface area contributed by atoms with Gasteiger partial charge in [0, 0.05) is 11.3 Å². The Morgan fingerprint density at radius 1 is 0.966 bits per heavy atom. The highest BCUT2D eigenvalue weighted by Gasteiger charge is 2.29. The SMILES string of the molecule is C[C@@H](NC(=O)C[C@@H]1Sc2ccccc2NC1=O)c1ccc(-c2ccccc2)cc1. The highest BCUT2D eigenvalue weighted by molar-refractivity contribution is 8.01. The quantitative estimate of drug-likeness (QED) is 0.629. The summed E-state index contributed by atoms with van der Waals surface area (Å²) in [5, 5.41) is 5.48. The zero-order valence-corrected chi connectivity index (χ0v) is 16.9. The number of thioether (sulfide) groups is 1. The van der Waals surface area contributed by atoms with Crippen molar-refractivity contribution in [2.45, 2.75) is 29.5 Å². The largest absolute Gasteiger partial charge is 0.350 e. The van der Waals surface area contributed by atoms with E-state index < -0.39 is 5.25 Å². The van der Waals surface area contributed by atoms with Crippen LogP contribution in [-0.2, 0) is 9.59 Å². The number of amides is 2. The molecule has 4 rings (SSSR count). The third-order valence-electron chi connectivity index (χ3n) is 4.97. The normalized spacial score (nSPS) is 16.4. The van der Waals surface area contributed by atoms with Gasteiger partial charge in [0.05, 0.1) is 17.0 Å². The standard InChI is InChI=1S/C24H22N2O2S/c1-16(17-11-13-19(14-12-17)18-7-3-2-4-8-18)25-23(27)15-22-24(28)26-20-9-5-6-10-21(20)29-22/h2-14,16,22H,15H2,1H3,(H,25,27)(H,26,28)/t16-,22+/m1/s1. The summed E-state index contributed by atoms with van der Waals surface area (Å²) in [6.45, 7) is 1.96. The van der Waals surface area contributed by atoms with Gasteiger partial charge in [-0.2, -0.15) is 0 Å². The lowest BCUT2D eigenvalue weighted by atomic mass is 10.0. The second kappa shape index (κ2) is 8.53. The summed E-state index contributed by atoms with van der Waals surface area (Å²) in [7, 11) is 0. The lowest BCUT2D eigenvalue weighted by Gasteiger charge is -2.24. The van der Waals surface area contributed by atoms with Crippen LogP contribution in [0.25, 0.3) is 11.1 Å². The topological polar surface area (TPSA) is 58.2 Å². The lowest BCUT2D eigenvalue weighted by Crippen LogP contribution is -2.35. The fourth-order valence-electron chi connectivity index (χ4n) is 3.37. The maximum absolute atomic E-state index is 12.5. The summed E-state index contributed by atoms with van der Waals surface area (Å²) in [5.74, 6) is -0.250. The van der Waals surface area contributed by atoms with Gasteiger partial charge in [0.25, 0.3) is 0 Å². The molecule has 4 nitrogen and oxygen atoms in total. The Labute approximate surface area is 174 Å². The van der Waals surface area contributed by atoms with Crippen molar-refractivity contribution in [1.29, 1.82) is 0 Å². The number of benzene rings is 3. The molecule has 2 N–H and O–H groups in total. The zero-order chi connectivity index (χ0) is 20.2. The van der Waals surface area contributed by atoms with Crippen molar-refractivity contribution in [3.63, 3.8) is 0 Å². The van der Waals surface area contributed by atoms with E-state index in [9.17, 15) is 9.59 Å². The van der Waals surface area contributed by atoms with Gasteiger partial charge in [-0.3, -0.25) is 9.59 Å². The summed E-state index contributed by atoms with van der Waals surface area (Å²) >= 11 is 1.44. The van der Waals surface area contributed by atoms with E-state index in [0.717, 1.165) is 27.3 Å². The maximum atomic E-state index is 12.5. The summed E-state index contributed by atoms with van der Waals surface area (Å²) in [6, 6.07) is 25.9. The van der Waals surface area contributed by atoms with E-state index in [-0.39, 0.29) is 24.3 Å². The average Bonchev–Trinajstić information content (AvgIpc) is 2.75. The highest BCUT2D eigenvalue weighted by atomic mass is 32.2. The Morgan fingerprint density at radius 2 is 1.62 bits per heavy atom. The fourth-order valence-corrected chi connectivity index (χ4v) is 4.48. The first kappa shape index (κ1) is 19.3. The molecule has 2 atom stereocenters. The van der Waals surface area contributed by atoms with Gasteiger partial charge in [-0.15, -0.1) is 11.8 Å². The van der Waals surface area contributed by atoms with Crippen LogP contribution in [-0.4, -0.2) is 17.1 Å². The second-order valence-electron chi connectivity index (χ2n) is 7.07. The molecule has 1 aliphatic heterocycles. The first-order valence-corrected chi connectivity index (χ1v) is 10.5. The van der Waals surface area contributed by atoms with E-state index in [1.54, 1.807) is 0 Å². The molecule has 1 aliphatic rings. The predicted octanol–water partition coefficient (Wildman–Crippen LogP) is 5.03. The molecule has 1 heterocycles. The van der Waals surface area contributed by atoms with E-state index >= 15 is 0 Å². The van der Waals surface area contributed by atoms with Crippen molar-refractivity contribution >= 4 is 29.3 Å². The van der Waals surface area contributed by atoms with Gasteiger partial charge in [-0.25, -0.2) is 0 Å². The van der Waals surface area contributed by atoms with Gasteiger partial charge in [0.15, 0.2) is 0 Å². The number of carbonyl (C=O) groups is 2. The van der Waals surface area contributed by atoms with Crippen molar-refractivity contribution in [3.8, 4) is 11.1 Å². The lowest BCUT2D eigenvalue weighted by molar-refractivity contribution is -0.124. The minimum atomic E-state index is -0.419. The first-order valence-electron chi connectivity index (χ1n) is 9.61. The van der Waals surface area contributed by atoms with E-state index in [0.29, 0.717) is 0 Å². The monoisotopic (exact) mass is 402 g/mol. The first-order chi connectivity index (χ1) is 14.1. The molecule has 0 saturated heterocycles. The van der Waals surface area contributed by atoms with E-state index in [4.69, 9.17) is 0 Å². The van der Waals surface area contributed by atoms with Crippen LogP contribution in [0.2, 0.25) is 0 Å². The summed E-state index contributed by atoms with van der Waals surface area (Å²) < 4.78 is 0. The van der Waals surface area contributed by atoms with Crippen LogP contribution in [0.4, 0.5) is 5.69 Å². The van der Waals surface area contributed by atoms with Crippen LogP contribution < -0.4 is 10.6 Å². The van der Waals surface area contributed by atoms with E-state index in [2.05, 4.69) is 34.9 Å². The van der Waals surface area contributed by atoms with Crippen LogP contribution in [0.5, 0.6) is 0 Å². The van der Waals surface area contributed by atoms with Crippen LogP contribution in [0.1, 0.15) is 24.9 Å². The molecular weight excluding hydrogens is 380 g/mol. The number of hydrogen-bond donors (Lipinski definition) is 2. The molecule has 5 heteroatoms. The molecule has 3 aromatic rings. The molecule has 146 valence electrons. The Balaban J connectivity index is 1.37. The van der Waals surface area contributed by atoms with Gasteiger partial charge in [-0.1, -0.05) is 66.7 Å². The minimum absolute atomic E-state index is 0.122. The molecule has 3 aromatic carbocycles. The molecule has 0 bridgehead atoms. The number of carbonyl (C=O) groups excluding carboxylic acids is 2.